The van der Waals surface area contributed by atoms with E-state index in [1.807, 2.05) is 30.3 Å². The molecule has 22 heavy (non-hydrogen) atoms. The molecule has 0 saturated carbocycles. The Morgan fingerprint density at radius 2 is 1.91 bits per heavy atom. The summed E-state index contributed by atoms with van der Waals surface area (Å²) < 4.78 is 5.39. The van der Waals surface area contributed by atoms with Crippen LogP contribution < -0.4 is 10.5 Å². The second-order valence-electron chi connectivity index (χ2n) is 6.43. The van der Waals surface area contributed by atoms with Gasteiger partial charge in [0, 0.05) is 12.5 Å². The third-order valence-electron chi connectivity index (χ3n) is 4.40. The van der Waals surface area contributed by atoms with Crippen LogP contribution in [0, 0.1) is 0 Å². The van der Waals surface area contributed by atoms with E-state index < -0.39 is 32.3 Å². The average Bonchev–Trinajstić information content (AvgIpc) is 2.77. The van der Waals surface area contributed by atoms with Gasteiger partial charge in [0.05, 0.1) is 14.2 Å². The van der Waals surface area contributed by atoms with E-state index in [4.69, 9.17) is 4.74 Å². The van der Waals surface area contributed by atoms with Gasteiger partial charge in [0.25, 0.3) is 0 Å². The SMILES string of the molecule is CC(=O)N[C@H]1C(=O)O[C@H]([C@H](C)O)[C@H]1[Si](C)(C)c1ccccc1. The normalized spacial score (nSPS) is 26.4. The molecule has 2 rings (SSSR count). The Hall–Kier alpha value is -1.66. The highest BCUT2D eigenvalue weighted by molar-refractivity contribution is 6.91. The third-order valence-corrected chi connectivity index (χ3v) is 8.55. The first-order chi connectivity index (χ1) is 10.2. The lowest BCUT2D eigenvalue weighted by Crippen LogP contribution is -2.57. The summed E-state index contributed by atoms with van der Waals surface area (Å²) in [5, 5.41) is 13.9. The van der Waals surface area contributed by atoms with Crippen molar-refractivity contribution in [2.75, 3.05) is 0 Å². The Morgan fingerprint density at radius 3 is 2.41 bits per heavy atom. The average molecular weight is 321 g/mol. The maximum Gasteiger partial charge on any atom is 0.329 e. The Bertz CT molecular complexity index is 559. The van der Waals surface area contributed by atoms with Crippen molar-refractivity contribution in [1.29, 1.82) is 0 Å². The zero-order chi connectivity index (χ0) is 16.5. The number of rotatable bonds is 4. The van der Waals surface area contributed by atoms with E-state index in [0.29, 0.717) is 0 Å². The van der Waals surface area contributed by atoms with Crippen molar-refractivity contribution in [1.82, 2.24) is 5.32 Å². The smallest absolute Gasteiger partial charge is 0.329 e. The molecule has 0 aliphatic carbocycles. The molecule has 0 bridgehead atoms. The number of nitrogens with one attached hydrogen (secondary N) is 1. The van der Waals surface area contributed by atoms with Crippen LogP contribution in [-0.2, 0) is 14.3 Å². The zero-order valence-corrected chi connectivity index (χ0v) is 14.4. The number of carbonyl (C=O) groups is 2. The molecular weight excluding hydrogens is 298 g/mol. The summed E-state index contributed by atoms with van der Waals surface area (Å²) in [7, 11) is -2.16. The molecule has 1 saturated heterocycles. The molecule has 1 fully saturated rings. The van der Waals surface area contributed by atoms with Gasteiger partial charge in [0.15, 0.2) is 0 Å². The highest BCUT2D eigenvalue weighted by atomic mass is 28.3. The zero-order valence-electron chi connectivity index (χ0n) is 13.4. The van der Waals surface area contributed by atoms with Crippen LogP contribution in [0.1, 0.15) is 13.8 Å². The molecule has 6 heteroatoms. The number of cyclic esters (lactones) is 1. The molecule has 0 unspecified atom stereocenters. The van der Waals surface area contributed by atoms with E-state index in [0.717, 1.165) is 0 Å². The van der Waals surface area contributed by atoms with Crippen molar-refractivity contribution in [2.24, 2.45) is 0 Å². The molecule has 1 aromatic rings. The van der Waals surface area contributed by atoms with E-state index in [1.54, 1.807) is 6.92 Å². The number of aliphatic hydroxyl groups excluding tert-OH is 1. The van der Waals surface area contributed by atoms with Crippen LogP contribution in [-0.4, -0.2) is 43.3 Å². The van der Waals surface area contributed by atoms with Crippen LogP contribution >= 0.6 is 0 Å². The quantitative estimate of drug-likeness (QED) is 0.635. The van der Waals surface area contributed by atoms with Crippen molar-refractivity contribution in [2.45, 2.75) is 50.7 Å². The van der Waals surface area contributed by atoms with Crippen molar-refractivity contribution in [3.05, 3.63) is 30.3 Å². The first-order valence-electron chi connectivity index (χ1n) is 7.46. The number of hydrogen-bond donors (Lipinski definition) is 2. The highest BCUT2D eigenvalue weighted by Gasteiger charge is 2.55. The minimum absolute atomic E-state index is 0.216. The van der Waals surface area contributed by atoms with Crippen LogP contribution in [0.25, 0.3) is 0 Å². The van der Waals surface area contributed by atoms with Crippen LogP contribution in [0.2, 0.25) is 18.6 Å². The number of esters is 1. The maximum absolute atomic E-state index is 12.2. The Balaban J connectivity index is 2.44. The summed E-state index contributed by atoms with van der Waals surface area (Å²) in [6, 6.07) is 9.26. The molecular formula is C16H23NO4Si. The number of amides is 1. The minimum atomic E-state index is -2.16. The van der Waals surface area contributed by atoms with Crippen LogP contribution in [0.4, 0.5) is 0 Å². The molecule has 0 spiro atoms. The predicted molar refractivity (Wildman–Crippen MR) is 86.5 cm³/mol. The maximum atomic E-state index is 12.2. The fraction of sp³-hybridized carbons (Fsp3) is 0.500. The topological polar surface area (TPSA) is 75.6 Å². The van der Waals surface area contributed by atoms with Crippen LogP contribution in [0.5, 0.6) is 0 Å². The number of ether oxygens (including phenoxy) is 1. The predicted octanol–water partition coefficient (Wildman–Crippen LogP) is 0.783. The van der Waals surface area contributed by atoms with E-state index >= 15 is 0 Å². The van der Waals surface area contributed by atoms with Crippen LogP contribution in [0.3, 0.4) is 0 Å². The molecule has 0 radical (unpaired) electrons. The minimum Gasteiger partial charge on any atom is -0.458 e. The lowest BCUT2D eigenvalue weighted by Gasteiger charge is -2.36. The molecule has 5 nitrogen and oxygen atoms in total. The summed E-state index contributed by atoms with van der Waals surface area (Å²) in [6.07, 6.45) is -1.37. The van der Waals surface area contributed by atoms with Crippen LogP contribution in [0.15, 0.2) is 30.3 Å². The van der Waals surface area contributed by atoms with Gasteiger partial charge in [-0.15, -0.1) is 0 Å². The van der Waals surface area contributed by atoms with Crippen molar-refractivity contribution >= 4 is 25.1 Å². The largest absolute Gasteiger partial charge is 0.458 e. The lowest BCUT2D eigenvalue weighted by molar-refractivity contribution is -0.147. The van der Waals surface area contributed by atoms with Gasteiger partial charge in [0.2, 0.25) is 5.91 Å². The fourth-order valence-electron chi connectivity index (χ4n) is 3.27. The standard InChI is InChI=1S/C16H23NO4Si/c1-10(18)14-15(13(16(20)21-14)17-11(2)19)22(3,4)12-8-6-5-7-9-12/h5-10,13-15,18H,1-4H3,(H,17,19)/t10-,13+,14+,15-/m0/s1. The molecule has 1 amide bonds. The molecule has 1 aliphatic heterocycles. The van der Waals surface area contributed by atoms with Gasteiger partial charge in [-0.3, -0.25) is 4.79 Å². The monoisotopic (exact) mass is 321 g/mol. The van der Waals surface area contributed by atoms with E-state index in [2.05, 4.69) is 18.4 Å². The van der Waals surface area contributed by atoms with Gasteiger partial charge in [-0.1, -0.05) is 48.6 Å². The third kappa shape index (κ3) is 3.07. The second kappa shape index (κ2) is 6.22. The first kappa shape index (κ1) is 16.7. The van der Waals surface area contributed by atoms with Gasteiger partial charge in [-0.05, 0) is 6.92 Å². The molecule has 1 aliphatic rings. The van der Waals surface area contributed by atoms with E-state index in [-0.39, 0.29) is 11.4 Å². The summed E-state index contributed by atoms with van der Waals surface area (Å²) >= 11 is 0. The Kier molecular flexibility index (Phi) is 4.72. The number of aliphatic hydroxyl groups is 1. The molecule has 1 aromatic carbocycles. The highest BCUT2D eigenvalue weighted by Crippen LogP contribution is 2.38. The van der Waals surface area contributed by atoms with Gasteiger partial charge in [-0.2, -0.15) is 0 Å². The number of hydrogen-bond acceptors (Lipinski definition) is 4. The number of benzene rings is 1. The Morgan fingerprint density at radius 1 is 1.32 bits per heavy atom. The Labute approximate surface area is 131 Å². The molecule has 120 valence electrons. The summed E-state index contributed by atoms with van der Waals surface area (Å²) in [5.74, 6) is -0.723. The second-order valence-corrected chi connectivity index (χ2v) is 11.1. The number of carbonyl (C=O) groups excluding carboxylic acids is 2. The van der Waals surface area contributed by atoms with Crippen molar-refractivity contribution < 1.29 is 19.4 Å². The van der Waals surface area contributed by atoms with E-state index in [9.17, 15) is 14.7 Å². The summed E-state index contributed by atoms with van der Waals surface area (Å²) in [5.41, 5.74) is -0.216. The van der Waals surface area contributed by atoms with Gasteiger partial charge >= 0.3 is 5.97 Å². The van der Waals surface area contributed by atoms with Gasteiger partial charge in [-0.25, -0.2) is 4.79 Å². The van der Waals surface area contributed by atoms with Crippen molar-refractivity contribution in [3.63, 3.8) is 0 Å². The first-order valence-corrected chi connectivity index (χ1v) is 10.5. The molecule has 1 heterocycles. The molecule has 0 aromatic heterocycles. The van der Waals surface area contributed by atoms with Gasteiger partial charge < -0.3 is 15.2 Å². The fourth-order valence-corrected chi connectivity index (χ4v) is 6.93. The molecule has 4 atom stereocenters. The molecule has 2 N–H and O–H groups in total. The van der Waals surface area contributed by atoms with Gasteiger partial charge in [0.1, 0.15) is 12.1 Å². The lowest BCUT2D eigenvalue weighted by atomic mass is 10.1. The summed E-state index contributed by atoms with van der Waals surface area (Å²) in [6.45, 7) is 7.28. The van der Waals surface area contributed by atoms with E-state index in [1.165, 1.54) is 12.1 Å². The summed E-state index contributed by atoms with van der Waals surface area (Å²) in [4.78, 5) is 23.7. The van der Waals surface area contributed by atoms with Crippen molar-refractivity contribution in [3.8, 4) is 0 Å².